The molecule has 0 saturated carbocycles. The Bertz CT molecular complexity index is 966. The molecular weight excluding hydrogens is 374 g/mol. The molecule has 0 atom stereocenters. The zero-order chi connectivity index (χ0) is 18.8. The summed E-state index contributed by atoms with van der Waals surface area (Å²) in [6.45, 7) is 0. The van der Waals surface area contributed by atoms with E-state index >= 15 is 0 Å². The van der Waals surface area contributed by atoms with Gasteiger partial charge >= 0.3 is 5.97 Å². The van der Waals surface area contributed by atoms with Gasteiger partial charge in [0.05, 0.1) is 16.2 Å². The van der Waals surface area contributed by atoms with E-state index in [0.29, 0.717) is 10.5 Å². The second-order valence-electron chi connectivity index (χ2n) is 5.29. The van der Waals surface area contributed by atoms with Crippen molar-refractivity contribution >= 4 is 58.2 Å². The van der Waals surface area contributed by atoms with E-state index in [0.717, 1.165) is 35.7 Å². The van der Waals surface area contributed by atoms with Crippen LogP contribution in [0.3, 0.4) is 0 Å². The van der Waals surface area contributed by atoms with Crippen molar-refractivity contribution in [3.05, 3.63) is 64.1 Å². The van der Waals surface area contributed by atoms with Crippen LogP contribution in [0.2, 0.25) is 0 Å². The van der Waals surface area contributed by atoms with Gasteiger partial charge in [0.2, 0.25) is 0 Å². The van der Waals surface area contributed by atoms with Crippen LogP contribution in [0, 0.1) is 0 Å². The molecule has 1 N–H and O–H groups in total. The Hall–Kier alpha value is -2.97. The molecule has 0 radical (unpaired) electrons. The van der Waals surface area contributed by atoms with E-state index in [1.165, 1.54) is 11.0 Å². The molecule has 1 saturated heterocycles. The van der Waals surface area contributed by atoms with E-state index in [9.17, 15) is 19.5 Å². The predicted octanol–water partition coefficient (Wildman–Crippen LogP) is 2.68. The summed E-state index contributed by atoms with van der Waals surface area (Å²) in [5.41, 5.74) is 1.04. The number of thioether (sulfide) groups is 1. The van der Waals surface area contributed by atoms with Gasteiger partial charge in [-0.3, -0.25) is 14.5 Å². The lowest BCUT2D eigenvalue weighted by Gasteiger charge is -2.18. The first-order valence-corrected chi connectivity index (χ1v) is 8.51. The predicted molar refractivity (Wildman–Crippen MR) is 100 cm³/mol. The van der Waals surface area contributed by atoms with Crippen LogP contribution in [0.5, 0.6) is 5.75 Å². The van der Waals surface area contributed by atoms with Crippen molar-refractivity contribution in [1.29, 1.82) is 0 Å². The van der Waals surface area contributed by atoms with Crippen molar-refractivity contribution < 1.29 is 24.6 Å². The molecule has 130 valence electrons. The number of rotatable bonds is 4. The summed E-state index contributed by atoms with van der Waals surface area (Å²) in [6, 6.07) is 10.3. The molecule has 6 nitrogen and oxygen atoms in total. The SMILES string of the molecule is O=Cc1ccc(/C=C2\SC(=S)N(c3ccc([O-])c(C(=O)O)c3)C2=O)cc1. The highest BCUT2D eigenvalue weighted by molar-refractivity contribution is 8.27. The van der Waals surface area contributed by atoms with Crippen LogP contribution >= 0.6 is 24.0 Å². The minimum absolute atomic E-state index is 0.226. The van der Waals surface area contributed by atoms with E-state index in [-0.39, 0.29) is 10.0 Å². The van der Waals surface area contributed by atoms with E-state index < -0.39 is 23.2 Å². The van der Waals surface area contributed by atoms with E-state index in [1.807, 2.05) is 0 Å². The van der Waals surface area contributed by atoms with Crippen molar-refractivity contribution in [2.45, 2.75) is 0 Å². The van der Waals surface area contributed by atoms with Gasteiger partial charge in [-0.05, 0) is 23.8 Å². The number of amides is 1. The quantitative estimate of drug-likeness (QED) is 0.492. The Balaban J connectivity index is 1.94. The zero-order valence-electron chi connectivity index (χ0n) is 13.0. The van der Waals surface area contributed by atoms with E-state index in [2.05, 4.69) is 0 Å². The van der Waals surface area contributed by atoms with Crippen LogP contribution in [0.25, 0.3) is 6.08 Å². The lowest BCUT2D eigenvalue weighted by molar-refractivity contribution is -0.268. The standard InChI is InChI=1S/C18H11NO5S2/c20-9-11-3-1-10(2-4-11)7-15-16(22)19(18(25)26-15)12-5-6-14(21)13(8-12)17(23)24/h1-9,21H,(H,23,24)/p-1/b15-7-. The number of thiocarbonyl (C=S) groups is 1. The van der Waals surface area contributed by atoms with Crippen LogP contribution in [0.4, 0.5) is 5.69 Å². The molecule has 0 aliphatic carbocycles. The smallest absolute Gasteiger partial charge is 0.335 e. The van der Waals surface area contributed by atoms with Gasteiger partial charge in [0, 0.05) is 5.56 Å². The van der Waals surface area contributed by atoms with Crippen molar-refractivity contribution in [3.63, 3.8) is 0 Å². The third-order valence-electron chi connectivity index (χ3n) is 3.62. The monoisotopic (exact) mass is 384 g/mol. The van der Waals surface area contributed by atoms with Crippen LogP contribution in [-0.4, -0.2) is 27.6 Å². The van der Waals surface area contributed by atoms with Gasteiger partial charge in [-0.2, -0.15) is 0 Å². The fraction of sp³-hybridized carbons (Fsp3) is 0. The summed E-state index contributed by atoms with van der Waals surface area (Å²) < 4.78 is 0.237. The zero-order valence-corrected chi connectivity index (χ0v) is 14.7. The molecule has 1 heterocycles. The van der Waals surface area contributed by atoms with Gasteiger partial charge in [-0.1, -0.05) is 60.1 Å². The number of carboxylic acid groups (broad SMARTS) is 1. The average Bonchev–Trinajstić information content (AvgIpc) is 2.89. The highest BCUT2D eigenvalue weighted by atomic mass is 32.2. The topological polar surface area (TPSA) is 97.7 Å². The van der Waals surface area contributed by atoms with Crippen LogP contribution in [-0.2, 0) is 4.79 Å². The average molecular weight is 384 g/mol. The number of aldehydes is 1. The third kappa shape index (κ3) is 3.37. The number of carbonyl (C=O) groups excluding carboxylic acids is 2. The maximum Gasteiger partial charge on any atom is 0.335 e. The molecule has 0 unspecified atom stereocenters. The molecule has 2 aromatic carbocycles. The highest BCUT2D eigenvalue weighted by Gasteiger charge is 2.33. The number of carbonyl (C=O) groups is 3. The Kier molecular flexibility index (Phi) is 4.88. The molecule has 0 aromatic heterocycles. The number of benzene rings is 2. The fourth-order valence-electron chi connectivity index (χ4n) is 2.34. The van der Waals surface area contributed by atoms with Crippen molar-refractivity contribution in [3.8, 4) is 5.75 Å². The van der Waals surface area contributed by atoms with Crippen LogP contribution in [0.15, 0.2) is 47.4 Å². The normalized spacial score (nSPS) is 15.5. The molecule has 0 spiro atoms. The van der Waals surface area contributed by atoms with E-state index in [1.54, 1.807) is 30.3 Å². The summed E-state index contributed by atoms with van der Waals surface area (Å²) in [7, 11) is 0. The summed E-state index contributed by atoms with van der Waals surface area (Å²) in [5.74, 6) is -2.42. The summed E-state index contributed by atoms with van der Waals surface area (Å²) in [6.07, 6.45) is 2.36. The molecular formula is C18H10NO5S2-. The first-order valence-electron chi connectivity index (χ1n) is 7.28. The Morgan fingerprint density at radius 2 is 1.81 bits per heavy atom. The second kappa shape index (κ2) is 7.11. The molecule has 2 aromatic rings. The van der Waals surface area contributed by atoms with Gasteiger partial charge in [-0.15, -0.1) is 0 Å². The number of carboxylic acids is 1. The molecule has 26 heavy (non-hydrogen) atoms. The molecule has 1 aliphatic rings. The van der Waals surface area contributed by atoms with Gasteiger partial charge < -0.3 is 10.2 Å². The highest BCUT2D eigenvalue weighted by Crippen LogP contribution is 2.37. The van der Waals surface area contributed by atoms with Crippen LogP contribution < -0.4 is 10.0 Å². The molecule has 0 bridgehead atoms. The molecule has 3 rings (SSSR count). The van der Waals surface area contributed by atoms with Gasteiger partial charge in [-0.25, -0.2) is 4.79 Å². The van der Waals surface area contributed by atoms with Gasteiger partial charge in [0.15, 0.2) is 4.32 Å². The number of nitrogens with zero attached hydrogens (tertiary/aromatic N) is 1. The first kappa shape index (κ1) is 17.8. The Labute approximate surface area is 157 Å². The lowest BCUT2D eigenvalue weighted by atomic mass is 10.1. The third-order valence-corrected chi connectivity index (χ3v) is 4.92. The molecule has 1 amide bonds. The number of hydrogen-bond donors (Lipinski definition) is 1. The minimum Gasteiger partial charge on any atom is -0.872 e. The molecule has 1 aliphatic heterocycles. The molecule has 8 heteroatoms. The number of aromatic carboxylic acids is 1. The maximum atomic E-state index is 12.7. The Morgan fingerprint density at radius 1 is 1.15 bits per heavy atom. The largest absolute Gasteiger partial charge is 0.872 e. The van der Waals surface area contributed by atoms with Crippen molar-refractivity contribution in [2.75, 3.05) is 4.90 Å². The summed E-state index contributed by atoms with van der Waals surface area (Å²) in [4.78, 5) is 36.1. The summed E-state index contributed by atoms with van der Waals surface area (Å²) in [5, 5.41) is 20.7. The lowest BCUT2D eigenvalue weighted by Crippen LogP contribution is -2.27. The van der Waals surface area contributed by atoms with Crippen LogP contribution in [0.1, 0.15) is 26.3 Å². The van der Waals surface area contributed by atoms with Crippen molar-refractivity contribution in [2.24, 2.45) is 0 Å². The Morgan fingerprint density at radius 3 is 2.42 bits per heavy atom. The van der Waals surface area contributed by atoms with E-state index in [4.69, 9.17) is 17.3 Å². The van der Waals surface area contributed by atoms with Gasteiger partial charge in [0.25, 0.3) is 5.91 Å². The van der Waals surface area contributed by atoms with Gasteiger partial charge in [0.1, 0.15) is 6.29 Å². The second-order valence-corrected chi connectivity index (χ2v) is 6.96. The number of hydrogen-bond acceptors (Lipinski definition) is 6. The fourth-order valence-corrected chi connectivity index (χ4v) is 3.64. The minimum atomic E-state index is -1.37. The molecule has 1 fully saturated rings. The maximum absolute atomic E-state index is 12.7. The summed E-state index contributed by atoms with van der Waals surface area (Å²) >= 11 is 6.30. The number of anilines is 1. The first-order chi connectivity index (χ1) is 12.4. The van der Waals surface area contributed by atoms with Crippen molar-refractivity contribution in [1.82, 2.24) is 0 Å².